The number of carboxylic acids is 2. The fraction of sp³-hybridized carbons (Fsp3) is 0.958. The van der Waals surface area contributed by atoms with Crippen molar-refractivity contribution in [2.24, 2.45) is 92.7 Å². The second-order valence-electron chi connectivity index (χ2n) is 22.5. The fourth-order valence-electron chi connectivity index (χ4n) is 17.4. The van der Waals surface area contributed by atoms with Crippen molar-refractivity contribution in [3.63, 3.8) is 0 Å². The molecule has 2 unspecified atom stereocenters. The first kappa shape index (κ1) is 46.5. The van der Waals surface area contributed by atoms with Crippen LogP contribution in [0.5, 0.6) is 0 Å². The van der Waals surface area contributed by atoms with E-state index in [9.17, 15) is 40.2 Å². The summed E-state index contributed by atoms with van der Waals surface area (Å²) < 4.78 is 0. The van der Waals surface area contributed by atoms with Crippen molar-refractivity contribution in [2.75, 3.05) is 0 Å². The van der Waals surface area contributed by atoms with E-state index < -0.39 is 11.9 Å². The van der Waals surface area contributed by atoms with Crippen LogP contribution in [-0.4, -0.2) is 94.5 Å². The Labute approximate surface area is 374 Å². The number of carboxylic acid groups (broad SMARTS) is 2. The van der Waals surface area contributed by atoms with Gasteiger partial charge in [0.15, 0.2) is 0 Å². The number of carbonyl (C=O) groups is 2. The van der Waals surface area contributed by atoms with E-state index in [4.69, 9.17) is 0 Å². The van der Waals surface area contributed by atoms with Crippen molar-refractivity contribution in [1.29, 1.82) is 0 Å². The van der Waals surface area contributed by atoms with Crippen LogP contribution in [0.25, 0.3) is 0 Å². The van der Waals surface area contributed by atoms with Gasteiger partial charge in [0.25, 0.3) is 0 Å². The van der Waals surface area contributed by atoms with Crippen molar-refractivity contribution < 1.29 is 40.2 Å². The van der Waals surface area contributed by atoms with Crippen molar-refractivity contribution in [3.05, 3.63) is 0 Å². The predicted molar refractivity (Wildman–Crippen MR) is 218 cm³/mol. The Hall–Kier alpha value is 0.0397. The number of carbonyl (C=O) groups excluding carboxylic acids is 2. The number of fused-ring (bicyclic) bond motifs is 10. The second kappa shape index (κ2) is 17.7. The van der Waals surface area contributed by atoms with Gasteiger partial charge in [-0.2, -0.15) is 0 Å². The van der Waals surface area contributed by atoms with E-state index >= 15 is 0 Å². The molecule has 4 N–H and O–H groups in total. The van der Waals surface area contributed by atoms with Gasteiger partial charge < -0.3 is 40.2 Å². The molecule has 0 aromatic carbocycles. The van der Waals surface area contributed by atoms with E-state index in [2.05, 4.69) is 41.5 Å². The number of rotatable bonds is 8. The molecule has 0 aromatic heterocycles. The van der Waals surface area contributed by atoms with Crippen LogP contribution in [0.3, 0.4) is 0 Å². The molecule has 0 radical (unpaired) electrons. The Balaban J connectivity index is 0.000000189. The van der Waals surface area contributed by atoms with Gasteiger partial charge in [0, 0.05) is 11.9 Å². The fourth-order valence-corrected chi connectivity index (χ4v) is 17.4. The zero-order valence-electron chi connectivity index (χ0n) is 36.5. The summed E-state index contributed by atoms with van der Waals surface area (Å²) in [4.78, 5) is 21.9. The molecule has 0 aromatic rings. The minimum absolute atomic E-state index is 0. The first-order valence-electron chi connectivity index (χ1n) is 23.5. The Bertz CT molecular complexity index is 1320. The largest absolute Gasteiger partial charge is 2.00 e. The molecule has 0 spiro atoms. The van der Waals surface area contributed by atoms with Crippen LogP contribution in [0.2, 0.25) is 0 Å². The van der Waals surface area contributed by atoms with Crippen molar-refractivity contribution in [1.82, 2.24) is 0 Å². The number of hydrogen-bond acceptors (Lipinski definition) is 8. The van der Waals surface area contributed by atoms with Gasteiger partial charge in [-0.25, -0.2) is 0 Å². The monoisotopic (exact) mass is 823 g/mol. The average Bonchev–Trinajstić information content (AvgIpc) is 3.70. The van der Waals surface area contributed by atoms with Gasteiger partial charge in [-0.15, -0.1) is 0 Å². The smallest absolute Gasteiger partial charge is 0.550 e. The average molecular weight is 823 g/mol. The Morgan fingerprint density at radius 2 is 0.912 bits per heavy atom. The van der Waals surface area contributed by atoms with Gasteiger partial charge in [-0.1, -0.05) is 41.5 Å². The Morgan fingerprint density at radius 1 is 0.544 bits per heavy atom. The van der Waals surface area contributed by atoms with Crippen LogP contribution >= 0.6 is 0 Å². The van der Waals surface area contributed by atoms with Gasteiger partial charge in [0.05, 0.1) is 24.4 Å². The summed E-state index contributed by atoms with van der Waals surface area (Å²) in [7, 11) is 0. The number of aliphatic carboxylic acids is 2. The van der Waals surface area contributed by atoms with Gasteiger partial charge in [-0.05, 0) is 221 Å². The Morgan fingerprint density at radius 3 is 1.26 bits per heavy atom. The van der Waals surface area contributed by atoms with E-state index in [1.807, 2.05) is 0 Å². The van der Waals surface area contributed by atoms with Gasteiger partial charge in [0.2, 0.25) is 0 Å². The molecule has 8 saturated carbocycles. The van der Waals surface area contributed by atoms with Gasteiger partial charge in [-0.3, -0.25) is 0 Å². The molecule has 20 atom stereocenters. The molecule has 8 fully saturated rings. The SMILES string of the molecule is CC(CCC(=O)[O-])[C@H]1CC[C@H]2[C@@H]3CC[C@@H]4C[C@H](O)CC[C@]4(C)[C@H]3C[C@H](O)[C@]12C.CC(CCC(=O)[O-])[C@H]1CC[C@H]2[C@@H]3CC[C@@H]4C[C@H](O)CC[C@]4(C)[C@H]3C[C@H](O)[C@]12C.[Ca+2]. The summed E-state index contributed by atoms with van der Waals surface area (Å²) in [5.41, 5.74) is 0.375. The second-order valence-corrected chi connectivity index (χ2v) is 22.5. The maximum Gasteiger partial charge on any atom is 2.00 e. The molecule has 0 saturated heterocycles. The number of hydrogen-bond donors (Lipinski definition) is 4. The normalized spacial score (nSPS) is 50.8. The van der Waals surface area contributed by atoms with E-state index in [1.165, 1.54) is 38.5 Å². The molecule has 8 nitrogen and oxygen atoms in total. The minimum atomic E-state index is -0.957. The van der Waals surface area contributed by atoms with Gasteiger partial charge in [0.1, 0.15) is 0 Å². The topological polar surface area (TPSA) is 161 Å². The maximum atomic E-state index is 11.5. The molecule has 0 aliphatic heterocycles. The Kier molecular flexibility index (Phi) is 14.4. The summed E-state index contributed by atoms with van der Waals surface area (Å²) >= 11 is 0. The van der Waals surface area contributed by atoms with Crippen LogP contribution in [0.4, 0.5) is 0 Å². The van der Waals surface area contributed by atoms with Crippen molar-refractivity contribution in [3.8, 4) is 0 Å². The number of aliphatic hydroxyl groups excluding tert-OH is 4. The van der Waals surface area contributed by atoms with E-state index in [1.54, 1.807) is 0 Å². The van der Waals surface area contributed by atoms with Crippen molar-refractivity contribution >= 4 is 49.7 Å². The van der Waals surface area contributed by atoms with Crippen LogP contribution in [0, 0.1) is 92.7 Å². The van der Waals surface area contributed by atoms with E-state index in [0.717, 1.165) is 64.2 Å². The summed E-state index contributed by atoms with van der Waals surface area (Å²) in [6, 6.07) is 0. The zero-order valence-corrected chi connectivity index (χ0v) is 38.7. The first-order chi connectivity index (χ1) is 26.3. The summed E-state index contributed by atoms with van der Waals surface area (Å²) in [5.74, 6) is 4.37. The predicted octanol–water partition coefficient (Wildman–Crippen LogP) is 5.91. The molecular formula is C48H78CaO8. The standard InChI is InChI=1S/2C24H40O4.Ca/c2*1-14(4-9-22(27)28)18-7-8-19-17-6-5-15-12-16(25)10-11-23(15,2)20(17)13-21(26)24(18,19)3;/h2*14-21,25-26H,4-13H2,1-3H3,(H,27,28);/q;;+2/p-2/t2*14?,15-,16-,17+,18-,19+,20+,21+,23+,24-;/m11./s1. The molecule has 9 heteroatoms. The molecule has 57 heavy (non-hydrogen) atoms. The molecule has 0 amide bonds. The summed E-state index contributed by atoms with van der Waals surface area (Å²) in [6.07, 6.45) is 18.0. The maximum absolute atomic E-state index is 11.5. The third-order valence-electron chi connectivity index (χ3n) is 20.6. The molecule has 0 heterocycles. The van der Waals surface area contributed by atoms with Crippen LogP contribution in [-0.2, 0) is 9.59 Å². The number of aliphatic hydroxyl groups is 4. The first-order valence-corrected chi connectivity index (χ1v) is 23.5. The molecular weight excluding hydrogens is 745 g/mol. The van der Waals surface area contributed by atoms with E-state index in [-0.39, 0.29) is 96.7 Å². The van der Waals surface area contributed by atoms with Crippen molar-refractivity contribution in [2.45, 2.75) is 194 Å². The summed E-state index contributed by atoms with van der Waals surface area (Å²) in [6.45, 7) is 13.9. The van der Waals surface area contributed by atoms with Crippen LogP contribution in [0.1, 0.15) is 170 Å². The molecule has 8 aliphatic carbocycles. The summed E-state index contributed by atoms with van der Waals surface area (Å²) in [5, 5.41) is 65.2. The van der Waals surface area contributed by atoms with Crippen LogP contribution in [0.15, 0.2) is 0 Å². The minimum Gasteiger partial charge on any atom is -0.550 e. The third kappa shape index (κ3) is 8.11. The van der Waals surface area contributed by atoms with Gasteiger partial charge >= 0.3 is 37.7 Å². The van der Waals surface area contributed by atoms with E-state index in [0.29, 0.717) is 83.9 Å². The molecule has 8 rings (SSSR count). The molecule has 0 bridgehead atoms. The third-order valence-corrected chi connectivity index (χ3v) is 20.6. The zero-order chi connectivity index (χ0) is 40.5. The van der Waals surface area contributed by atoms with Crippen LogP contribution < -0.4 is 10.2 Å². The quantitative estimate of drug-likeness (QED) is 0.220. The molecule has 8 aliphatic rings. The molecule has 320 valence electrons.